The molecular formula is C21H17NO2. The number of carbonyl (C=O) groups excluding carboxylic acids is 1. The third-order valence-corrected chi connectivity index (χ3v) is 3.59. The molecule has 3 heteroatoms. The van der Waals surface area contributed by atoms with Gasteiger partial charge in [-0.05, 0) is 34.9 Å². The van der Waals surface area contributed by atoms with E-state index in [9.17, 15) is 4.79 Å². The maximum absolute atomic E-state index is 11.9. The van der Waals surface area contributed by atoms with Gasteiger partial charge >= 0.3 is 5.97 Å². The summed E-state index contributed by atoms with van der Waals surface area (Å²) in [4.78, 5) is 16.3. The van der Waals surface area contributed by atoms with E-state index in [1.54, 1.807) is 6.07 Å². The first-order valence-corrected chi connectivity index (χ1v) is 7.65. The van der Waals surface area contributed by atoms with Gasteiger partial charge in [-0.3, -0.25) is 0 Å². The van der Waals surface area contributed by atoms with Crippen molar-refractivity contribution in [2.24, 2.45) is 0 Å². The van der Waals surface area contributed by atoms with Crippen molar-refractivity contribution >= 4 is 18.1 Å². The number of benzene rings is 2. The maximum Gasteiger partial charge on any atom is 0.356 e. The second kappa shape index (κ2) is 7.38. The first kappa shape index (κ1) is 15.7. The molecule has 0 saturated heterocycles. The summed E-state index contributed by atoms with van der Waals surface area (Å²) in [5.74, 6) is -0.442. The third kappa shape index (κ3) is 3.76. The van der Waals surface area contributed by atoms with E-state index >= 15 is 0 Å². The van der Waals surface area contributed by atoms with Gasteiger partial charge in [0.25, 0.3) is 0 Å². The molecule has 0 N–H and O–H groups in total. The van der Waals surface area contributed by atoms with Crippen molar-refractivity contribution in [3.05, 3.63) is 89.7 Å². The lowest BCUT2D eigenvalue weighted by molar-refractivity contribution is 0.0594. The Hall–Kier alpha value is -3.20. The predicted octanol–water partition coefficient (Wildman–Crippen LogP) is 4.71. The van der Waals surface area contributed by atoms with Crippen molar-refractivity contribution in [2.75, 3.05) is 7.11 Å². The van der Waals surface area contributed by atoms with Crippen LogP contribution < -0.4 is 0 Å². The fourth-order valence-electron chi connectivity index (χ4n) is 2.39. The van der Waals surface area contributed by atoms with Crippen LogP contribution in [0.3, 0.4) is 0 Å². The van der Waals surface area contributed by atoms with Crippen molar-refractivity contribution in [2.45, 2.75) is 0 Å². The summed E-state index contributed by atoms with van der Waals surface area (Å²) < 4.78 is 4.82. The number of hydrogen-bond donors (Lipinski definition) is 0. The second-order valence-corrected chi connectivity index (χ2v) is 5.27. The predicted molar refractivity (Wildman–Crippen MR) is 96.4 cm³/mol. The summed E-state index contributed by atoms with van der Waals surface area (Å²) in [5.41, 5.74) is 4.04. The molecule has 0 aliphatic heterocycles. The van der Waals surface area contributed by atoms with Crippen molar-refractivity contribution in [1.82, 2.24) is 4.98 Å². The van der Waals surface area contributed by atoms with Gasteiger partial charge in [0.2, 0.25) is 0 Å². The zero-order valence-electron chi connectivity index (χ0n) is 13.3. The monoisotopic (exact) mass is 315 g/mol. The number of nitrogens with zero attached hydrogens (tertiary/aromatic N) is 1. The van der Waals surface area contributed by atoms with E-state index in [2.05, 4.69) is 4.98 Å². The molecule has 0 atom stereocenters. The minimum atomic E-state index is -0.442. The van der Waals surface area contributed by atoms with Crippen molar-refractivity contribution < 1.29 is 9.53 Å². The SMILES string of the molecule is COC(=O)c1cc(-c2ccccc2)cc(/C=C/c2ccccc2)n1. The summed E-state index contributed by atoms with van der Waals surface area (Å²) in [7, 11) is 1.36. The summed E-state index contributed by atoms with van der Waals surface area (Å²) in [6.45, 7) is 0. The van der Waals surface area contributed by atoms with Gasteiger partial charge in [-0.25, -0.2) is 9.78 Å². The molecule has 0 unspecified atom stereocenters. The largest absolute Gasteiger partial charge is 0.464 e. The van der Waals surface area contributed by atoms with Crippen LogP contribution in [0.15, 0.2) is 72.8 Å². The number of pyridine rings is 1. The second-order valence-electron chi connectivity index (χ2n) is 5.27. The van der Waals surface area contributed by atoms with Crippen LogP contribution in [0, 0.1) is 0 Å². The van der Waals surface area contributed by atoms with Crippen LogP contribution in [-0.4, -0.2) is 18.1 Å². The van der Waals surface area contributed by atoms with E-state index in [1.807, 2.05) is 78.9 Å². The standard InChI is InChI=1S/C21H17NO2/c1-24-21(23)20-15-18(17-10-6-3-7-11-17)14-19(22-20)13-12-16-8-4-2-5-9-16/h2-15H,1H3/b13-12+. The Labute approximate surface area is 141 Å². The van der Waals surface area contributed by atoms with Gasteiger partial charge in [0.1, 0.15) is 5.69 Å². The van der Waals surface area contributed by atoms with Crippen molar-refractivity contribution in [3.8, 4) is 11.1 Å². The van der Waals surface area contributed by atoms with Crippen LogP contribution in [0.25, 0.3) is 23.3 Å². The minimum Gasteiger partial charge on any atom is -0.464 e. The Balaban J connectivity index is 2.02. The molecule has 0 aliphatic rings. The molecule has 0 spiro atoms. The zero-order valence-corrected chi connectivity index (χ0v) is 13.3. The number of methoxy groups -OCH3 is 1. The van der Waals surface area contributed by atoms with E-state index < -0.39 is 5.97 Å². The topological polar surface area (TPSA) is 39.2 Å². The lowest BCUT2D eigenvalue weighted by Crippen LogP contribution is -2.05. The summed E-state index contributed by atoms with van der Waals surface area (Å²) >= 11 is 0. The maximum atomic E-state index is 11.9. The highest BCUT2D eigenvalue weighted by Gasteiger charge is 2.10. The molecule has 3 nitrogen and oxygen atoms in total. The van der Waals surface area contributed by atoms with E-state index in [4.69, 9.17) is 4.74 Å². The summed E-state index contributed by atoms with van der Waals surface area (Å²) in [6.07, 6.45) is 3.87. The molecule has 1 heterocycles. The molecule has 0 fully saturated rings. The molecule has 0 bridgehead atoms. The number of hydrogen-bond acceptors (Lipinski definition) is 3. The van der Waals surface area contributed by atoms with E-state index in [1.165, 1.54) is 7.11 Å². The molecule has 3 aromatic rings. The van der Waals surface area contributed by atoms with Crippen molar-refractivity contribution in [1.29, 1.82) is 0 Å². The van der Waals surface area contributed by atoms with E-state index in [0.29, 0.717) is 11.4 Å². The zero-order chi connectivity index (χ0) is 16.8. The molecule has 1 aromatic heterocycles. The number of rotatable bonds is 4. The Kier molecular flexibility index (Phi) is 4.82. The van der Waals surface area contributed by atoms with Crippen LogP contribution in [0.1, 0.15) is 21.7 Å². The normalized spacial score (nSPS) is 10.7. The van der Waals surface area contributed by atoms with Gasteiger partial charge in [-0.15, -0.1) is 0 Å². The van der Waals surface area contributed by atoms with Gasteiger partial charge in [-0.2, -0.15) is 0 Å². The highest BCUT2D eigenvalue weighted by molar-refractivity contribution is 5.89. The fraction of sp³-hybridized carbons (Fsp3) is 0.0476. The third-order valence-electron chi connectivity index (χ3n) is 3.59. The average Bonchev–Trinajstić information content (AvgIpc) is 2.67. The average molecular weight is 315 g/mol. The Bertz CT molecular complexity index is 856. The number of ether oxygens (including phenoxy) is 1. The van der Waals surface area contributed by atoms with Crippen LogP contribution >= 0.6 is 0 Å². The Morgan fingerprint density at radius 3 is 2.21 bits per heavy atom. The smallest absolute Gasteiger partial charge is 0.356 e. The van der Waals surface area contributed by atoms with Gasteiger partial charge in [0, 0.05) is 0 Å². The van der Waals surface area contributed by atoms with Gasteiger partial charge < -0.3 is 4.74 Å². The van der Waals surface area contributed by atoms with Crippen LogP contribution in [-0.2, 0) is 4.74 Å². The molecule has 24 heavy (non-hydrogen) atoms. The number of carbonyl (C=O) groups is 1. The first-order valence-electron chi connectivity index (χ1n) is 7.65. The number of esters is 1. The van der Waals surface area contributed by atoms with Gasteiger partial charge in [-0.1, -0.05) is 66.7 Å². The fourth-order valence-corrected chi connectivity index (χ4v) is 2.39. The lowest BCUT2D eigenvalue weighted by Gasteiger charge is -2.06. The molecule has 3 rings (SSSR count). The molecule has 0 aliphatic carbocycles. The molecule has 2 aromatic carbocycles. The van der Waals surface area contributed by atoms with Gasteiger partial charge in [0.05, 0.1) is 12.8 Å². The van der Waals surface area contributed by atoms with E-state index in [-0.39, 0.29) is 0 Å². The molecule has 0 radical (unpaired) electrons. The molecule has 0 amide bonds. The summed E-state index contributed by atoms with van der Waals surface area (Å²) in [5, 5.41) is 0. The highest BCUT2D eigenvalue weighted by atomic mass is 16.5. The quantitative estimate of drug-likeness (QED) is 0.655. The molecule has 118 valence electrons. The highest BCUT2D eigenvalue weighted by Crippen LogP contribution is 2.22. The minimum absolute atomic E-state index is 0.298. The lowest BCUT2D eigenvalue weighted by atomic mass is 10.0. The van der Waals surface area contributed by atoms with Crippen molar-refractivity contribution in [3.63, 3.8) is 0 Å². The van der Waals surface area contributed by atoms with Crippen LogP contribution in [0.5, 0.6) is 0 Å². The molecular weight excluding hydrogens is 298 g/mol. The Morgan fingerprint density at radius 1 is 0.875 bits per heavy atom. The summed E-state index contributed by atoms with van der Waals surface area (Å²) in [6, 6.07) is 23.6. The van der Waals surface area contributed by atoms with Crippen LogP contribution in [0.4, 0.5) is 0 Å². The van der Waals surface area contributed by atoms with E-state index in [0.717, 1.165) is 16.7 Å². The number of aromatic nitrogens is 1. The Morgan fingerprint density at radius 2 is 1.54 bits per heavy atom. The first-order chi connectivity index (χ1) is 11.8. The molecule has 0 saturated carbocycles. The van der Waals surface area contributed by atoms with Gasteiger partial charge in [0.15, 0.2) is 0 Å². The van der Waals surface area contributed by atoms with Crippen LogP contribution in [0.2, 0.25) is 0 Å².